The third-order valence-corrected chi connectivity index (χ3v) is 5.32. The van der Waals surface area contributed by atoms with Gasteiger partial charge in [0.25, 0.3) is 0 Å². The Kier molecular flexibility index (Phi) is 5.57. The average molecular weight is 402 g/mol. The number of nitrogens with one attached hydrogen (secondary N) is 1. The van der Waals surface area contributed by atoms with Crippen LogP contribution >= 0.6 is 0 Å². The van der Waals surface area contributed by atoms with E-state index in [-0.39, 0.29) is 11.7 Å². The van der Waals surface area contributed by atoms with Crippen molar-refractivity contribution in [2.45, 2.75) is 19.3 Å². The topological polar surface area (TPSA) is 57.6 Å². The quantitative estimate of drug-likeness (QED) is 0.611. The van der Waals surface area contributed by atoms with Crippen LogP contribution in [0.1, 0.15) is 22.7 Å². The minimum absolute atomic E-state index is 0.116. The van der Waals surface area contributed by atoms with Gasteiger partial charge in [-0.3, -0.25) is 14.8 Å². The standard InChI is InChI=1S/C24H23FN4O/c1-16-6-5-8-21-23(16)19(24(30)28-21)15-27-18-9-10-22(20(25)14-18)29(2)13-11-17-7-3-4-12-26-17/h3-10,12,14-15,19H,11,13H2,1-2H3,(H,28,30). The fourth-order valence-corrected chi connectivity index (χ4v) is 3.68. The summed E-state index contributed by atoms with van der Waals surface area (Å²) in [6.07, 6.45) is 4.08. The van der Waals surface area contributed by atoms with Gasteiger partial charge in [-0.15, -0.1) is 0 Å². The Balaban J connectivity index is 1.47. The number of amides is 1. The van der Waals surface area contributed by atoms with Crippen molar-refractivity contribution in [1.82, 2.24) is 4.98 Å². The van der Waals surface area contributed by atoms with E-state index in [1.807, 2.05) is 55.3 Å². The number of aryl methyl sites for hydroxylation is 1. The van der Waals surface area contributed by atoms with E-state index in [2.05, 4.69) is 15.3 Å². The van der Waals surface area contributed by atoms with Crippen molar-refractivity contribution >= 4 is 29.2 Å². The van der Waals surface area contributed by atoms with Crippen LogP contribution in [0.4, 0.5) is 21.5 Å². The molecule has 5 nitrogen and oxygen atoms in total. The molecule has 1 unspecified atom stereocenters. The summed E-state index contributed by atoms with van der Waals surface area (Å²) >= 11 is 0. The molecule has 0 fully saturated rings. The number of carbonyl (C=O) groups is 1. The number of anilines is 2. The lowest BCUT2D eigenvalue weighted by Gasteiger charge is -2.20. The fraction of sp³-hybridized carbons (Fsp3) is 0.208. The number of aliphatic imine (C=N–C) groups is 1. The van der Waals surface area contributed by atoms with E-state index in [9.17, 15) is 9.18 Å². The maximum absolute atomic E-state index is 14.7. The molecule has 0 saturated carbocycles. The van der Waals surface area contributed by atoms with Crippen molar-refractivity contribution in [2.24, 2.45) is 4.99 Å². The van der Waals surface area contributed by atoms with E-state index in [0.29, 0.717) is 17.9 Å². The summed E-state index contributed by atoms with van der Waals surface area (Å²) in [6, 6.07) is 16.4. The van der Waals surface area contributed by atoms with E-state index in [1.165, 1.54) is 6.07 Å². The molecule has 1 atom stereocenters. The van der Waals surface area contributed by atoms with Gasteiger partial charge in [0.15, 0.2) is 0 Å². The number of likely N-dealkylation sites (N-methyl/N-ethyl adjacent to an activating group) is 1. The van der Waals surface area contributed by atoms with E-state index in [4.69, 9.17) is 0 Å². The van der Waals surface area contributed by atoms with Crippen LogP contribution in [0.3, 0.4) is 0 Å². The SMILES string of the molecule is Cc1cccc2c1C(C=Nc1ccc(N(C)CCc3ccccn3)c(F)c1)C(=O)N2. The minimum Gasteiger partial charge on any atom is -0.372 e. The number of fused-ring (bicyclic) bond motifs is 1. The molecule has 4 rings (SSSR count). The Morgan fingerprint density at radius 1 is 1.20 bits per heavy atom. The number of hydrogen-bond acceptors (Lipinski definition) is 4. The molecular formula is C24H23FN4O. The number of hydrogen-bond donors (Lipinski definition) is 1. The number of nitrogens with zero attached hydrogens (tertiary/aromatic N) is 3. The Hall–Kier alpha value is -3.54. The first-order chi connectivity index (χ1) is 14.5. The lowest BCUT2D eigenvalue weighted by atomic mass is 9.97. The van der Waals surface area contributed by atoms with Gasteiger partial charge in [0.05, 0.1) is 11.4 Å². The molecule has 0 radical (unpaired) electrons. The first kappa shape index (κ1) is 19.8. The summed E-state index contributed by atoms with van der Waals surface area (Å²) in [4.78, 5) is 22.9. The van der Waals surface area contributed by atoms with E-state index in [0.717, 1.165) is 28.9 Å². The number of pyridine rings is 1. The molecule has 2 aromatic carbocycles. The molecular weight excluding hydrogens is 379 g/mol. The lowest BCUT2D eigenvalue weighted by molar-refractivity contribution is -0.115. The van der Waals surface area contributed by atoms with Gasteiger partial charge in [-0.05, 0) is 48.4 Å². The van der Waals surface area contributed by atoms with Gasteiger partial charge in [0.2, 0.25) is 5.91 Å². The van der Waals surface area contributed by atoms with Crippen LogP contribution in [0.5, 0.6) is 0 Å². The largest absolute Gasteiger partial charge is 0.372 e. The summed E-state index contributed by atoms with van der Waals surface area (Å²) in [5.74, 6) is -0.931. The Morgan fingerprint density at radius 2 is 2.07 bits per heavy atom. The second-order valence-electron chi connectivity index (χ2n) is 7.41. The first-order valence-electron chi connectivity index (χ1n) is 9.88. The highest BCUT2D eigenvalue weighted by Crippen LogP contribution is 2.34. The molecule has 30 heavy (non-hydrogen) atoms. The summed E-state index contributed by atoms with van der Waals surface area (Å²) in [6.45, 7) is 2.62. The van der Waals surface area contributed by atoms with Crippen molar-refractivity contribution in [3.63, 3.8) is 0 Å². The molecule has 6 heteroatoms. The molecule has 2 heterocycles. The van der Waals surface area contributed by atoms with Crippen LogP contribution in [0, 0.1) is 12.7 Å². The van der Waals surface area contributed by atoms with Crippen molar-refractivity contribution in [3.05, 3.63) is 83.4 Å². The molecule has 1 N–H and O–H groups in total. The van der Waals surface area contributed by atoms with E-state index < -0.39 is 5.92 Å². The molecule has 1 aliphatic rings. The molecule has 0 spiro atoms. The second-order valence-corrected chi connectivity index (χ2v) is 7.41. The van der Waals surface area contributed by atoms with Gasteiger partial charge < -0.3 is 10.2 Å². The van der Waals surface area contributed by atoms with Crippen LogP contribution in [-0.2, 0) is 11.2 Å². The average Bonchev–Trinajstić information content (AvgIpc) is 3.07. The van der Waals surface area contributed by atoms with Gasteiger partial charge in [-0.25, -0.2) is 4.39 Å². The molecule has 0 saturated heterocycles. The predicted molar refractivity (Wildman–Crippen MR) is 118 cm³/mol. The highest BCUT2D eigenvalue weighted by molar-refractivity contribution is 6.13. The van der Waals surface area contributed by atoms with Gasteiger partial charge in [-0.2, -0.15) is 0 Å². The van der Waals surface area contributed by atoms with Crippen LogP contribution in [0.15, 0.2) is 65.8 Å². The summed E-state index contributed by atoms with van der Waals surface area (Å²) in [5, 5.41) is 2.87. The van der Waals surface area contributed by atoms with E-state index >= 15 is 0 Å². The number of carbonyl (C=O) groups excluding carboxylic acids is 1. The summed E-state index contributed by atoms with van der Waals surface area (Å²) < 4.78 is 14.7. The zero-order valence-corrected chi connectivity index (χ0v) is 17.0. The number of benzene rings is 2. The predicted octanol–water partition coefficient (Wildman–Crippen LogP) is 4.65. The maximum Gasteiger partial charge on any atom is 0.237 e. The van der Waals surface area contributed by atoms with Crippen molar-refractivity contribution in [1.29, 1.82) is 0 Å². The zero-order chi connectivity index (χ0) is 21.1. The Bertz CT molecular complexity index is 1100. The van der Waals surface area contributed by atoms with Gasteiger partial charge >= 0.3 is 0 Å². The van der Waals surface area contributed by atoms with Crippen molar-refractivity contribution < 1.29 is 9.18 Å². The Labute approximate surface area is 175 Å². The highest BCUT2D eigenvalue weighted by atomic mass is 19.1. The molecule has 152 valence electrons. The van der Waals surface area contributed by atoms with Crippen LogP contribution in [0.25, 0.3) is 0 Å². The zero-order valence-electron chi connectivity index (χ0n) is 17.0. The monoisotopic (exact) mass is 402 g/mol. The summed E-state index contributed by atoms with van der Waals surface area (Å²) in [7, 11) is 1.85. The lowest BCUT2D eigenvalue weighted by Crippen LogP contribution is -2.21. The maximum atomic E-state index is 14.7. The minimum atomic E-state index is -0.468. The van der Waals surface area contributed by atoms with Crippen molar-refractivity contribution in [2.75, 3.05) is 23.8 Å². The molecule has 3 aromatic rings. The number of aromatic nitrogens is 1. The van der Waals surface area contributed by atoms with Crippen LogP contribution < -0.4 is 10.2 Å². The third kappa shape index (κ3) is 4.08. The smallest absolute Gasteiger partial charge is 0.237 e. The fourth-order valence-electron chi connectivity index (χ4n) is 3.68. The number of rotatable bonds is 6. The van der Waals surface area contributed by atoms with Gasteiger partial charge in [0, 0.05) is 49.9 Å². The molecule has 1 aliphatic heterocycles. The van der Waals surface area contributed by atoms with Crippen LogP contribution in [-0.4, -0.2) is 30.7 Å². The first-order valence-corrected chi connectivity index (χ1v) is 9.88. The van der Waals surface area contributed by atoms with E-state index in [1.54, 1.807) is 24.5 Å². The highest BCUT2D eigenvalue weighted by Gasteiger charge is 2.30. The number of halogens is 1. The normalized spacial score (nSPS) is 15.3. The second kappa shape index (κ2) is 8.45. The van der Waals surface area contributed by atoms with Crippen molar-refractivity contribution in [3.8, 4) is 0 Å². The Morgan fingerprint density at radius 3 is 2.83 bits per heavy atom. The van der Waals surface area contributed by atoms with Gasteiger partial charge in [-0.1, -0.05) is 18.2 Å². The molecule has 0 aliphatic carbocycles. The molecule has 1 aromatic heterocycles. The summed E-state index contributed by atoms with van der Waals surface area (Å²) in [5.41, 5.74) is 4.72. The molecule has 1 amide bonds. The third-order valence-electron chi connectivity index (χ3n) is 5.32. The van der Waals surface area contributed by atoms with Gasteiger partial charge in [0.1, 0.15) is 11.7 Å². The van der Waals surface area contributed by atoms with Crippen LogP contribution in [0.2, 0.25) is 0 Å². The molecule has 0 bridgehead atoms.